The van der Waals surface area contributed by atoms with Gasteiger partial charge in [-0.25, -0.2) is 9.78 Å². The Kier molecular flexibility index (Phi) is 3.88. The molecule has 0 fully saturated rings. The summed E-state index contributed by atoms with van der Waals surface area (Å²) in [4.78, 5) is 28.3. The van der Waals surface area contributed by atoms with E-state index in [-0.39, 0.29) is 12.0 Å². The van der Waals surface area contributed by atoms with E-state index in [9.17, 15) is 14.7 Å². The predicted molar refractivity (Wildman–Crippen MR) is 94.2 cm³/mol. The number of aliphatic carboxylic acids is 1. The average Bonchev–Trinajstić information content (AvgIpc) is 3.33. The maximum Gasteiger partial charge on any atom is 0.328 e. The van der Waals surface area contributed by atoms with Crippen LogP contribution in [0.4, 0.5) is 0 Å². The highest BCUT2D eigenvalue weighted by Crippen LogP contribution is 2.22. The van der Waals surface area contributed by atoms with Crippen molar-refractivity contribution in [2.24, 2.45) is 5.10 Å². The third-order valence-corrected chi connectivity index (χ3v) is 4.98. The Morgan fingerprint density at radius 1 is 1.38 bits per heavy atom. The van der Waals surface area contributed by atoms with Crippen molar-refractivity contribution in [3.05, 3.63) is 51.0 Å². The van der Waals surface area contributed by atoms with Crippen LogP contribution in [0.1, 0.15) is 12.0 Å². The van der Waals surface area contributed by atoms with Crippen LogP contribution in [0.15, 0.2) is 40.5 Å². The highest BCUT2D eigenvalue weighted by atomic mass is 32.1. The molecule has 1 aliphatic rings. The number of carbonyl (C=O) groups is 1. The Morgan fingerprint density at radius 3 is 2.81 bits per heavy atom. The Bertz CT molecular complexity index is 1120. The third-order valence-electron chi connectivity index (χ3n) is 4.02. The number of methoxy groups -OCH3 is 1. The molecule has 1 N–H and O–H groups in total. The minimum atomic E-state index is -1.01. The lowest BCUT2D eigenvalue weighted by atomic mass is 10.0. The van der Waals surface area contributed by atoms with Crippen LogP contribution in [0.2, 0.25) is 0 Å². The van der Waals surface area contributed by atoms with E-state index < -0.39 is 12.0 Å². The van der Waals surface area contributed by atoms with Crippen molar-refractivity contribution in [3.63, 3.8) is 0 Å². The van der Waals surface area contributed by atoms with Crippen LogP contribution in [-0.2, 0) is 4.79 Å². The molecule has 9 nitrogen and oxygen atoms in total. The lowest BCUT2D eigenvalue weighted by molar-refractivity contribution is -0.141. The number of nitrogens with zero attached hydrogens (tertiary/aromatic N) is 5. The zero-order chi connectivity index (χ0) is 18.3. The summed E-state index contributed by atoms with van der Waals surface area (Å²) in [7, 11) is 1.58. The average molecular weight is 371 g/mol. The first-order valence-electron chi connectivity index (χ1n) is 7.64. The van der Waals surface area contributed by atoms with Crippen LogP contribution < -0.4 is 14.8 Å². The number of benzene rings is 1. The topological polar surface area (TPSA) is 109 Å². The van der Waals surface area contributed by atoms with Crippen molar-refractivity contribution in [1.29, 1.82) is 0 Å². The molecule has 0 spiro atoms. The van der Waals surface area contributed by atoms with Crippen molar-refractivity contribution >= 4 is 34.2 Å². The lowest BCUT2D eigenvalue weighted by Crippen LogP contribution is -2.34. The van der Waals surface area contributed by atoms with E-state index in [1.54, 1.807) is 19.2 Å². The Labute approximate surface area is 150 Å². The van der Waals surface area contributed by atoms with Crippen LogP contribution >= 0.6 is 11.3 Å². The normalized spacial score (nSPS) is 17.7. The SMILES string of the molecule is COc1ccc(C2=NN(/C=c3\sc4ncnn4c3=O)[C@@H](C(=O)O)C2)cc1. The van der Waals surface area contributed by atoms with Gasteiger partial charge in [-0.3, -0.25) is 9.80 Å². The fraction of sp³-hybridized carbons (Fsp3) is 0.188. The standard InChI is InChI=1S/C16H13N5O4S/c1-25-10-4-2-9(3-5-10)11-6-12(15(23)24)20(19-11)7-13-14(22)21-16(26-13)17-8-18-21/h2-5,7-8,12H,6H2,1H3,(H,23,24)/b13-7-/t12-/m1/s1. The maximum atomic E-state index is 12.3. The zero-order valence-electron chi connectivity index (χ0n) is 13.6. The van der Waals surface area contributed by atoms with Crippen LogP contribution in [0.5, 0.6) is 5.75 Å². The maximum absolute atomic E-state index is 12.3. The predicted octanol–water partition coefficient (Wildman–Crippen LogP) is 0.180. The van der Waals surface area contributed by atoms with E-state index in [2.05, 4.69) is 15.2 Å². The second-order valence-electron chi connectivity index (χ2n) is 5.57. The van der Waals surface area contributed by atoms with Crippen molar-refractivity contribution < 1.29 is 14.6 Å². The van der Waals surface area contributed by atoms with Gasteiger partial charge in [0.15, 0.2) is 6.04 Å². The van der Waals surface area contributed by atoms with E-state index in [1.165, 1.54) is 22.1 Å². The van der Waals surface area contributed by atoms with Gasteiger partial charge in [0.1, 0.15) is 16.6 Å². The molecule has 0 aliphatic carbocycles. The molecule has 10 heteroatoms. The van der Waals surface area contributed by atoms with Crippen molar-refractivity contribution in [3.8, 4) is 5.75 Å². The third kappa shape index (κ3) is 2.69. The molecule has 0 saturated heterocycles. The summed E-state index contributed by atoms with van der Waals surface area (Å²) in [5.41, 5.74) is 1.08. The van der Waals surface area contributed by atoms with Gasteiger partial charge in [-0.2, -0.15) is 14.7 Å². The number of rotatable bonds is 4. The van der Waals surface area contributed by atoms with E-state index in [0.717, 1.165) is 16.9 Å². The zero-order valence-corrected chi connectivity index (χ0v) is 14.4. The molecule has 132 valence electrons. The quantitative estimate of drug-likeness (QED) is 0.697. The van der Waals surface area contributed by atoms with Gasteiger partial charge in [-0.15, -0.1) is 0 Å². The molecule has 3 heterocycles. The minimum Gasteiger partial charge on any atom is -0.497 e. The second kappa shape index (κ2) is 6.23. The van der Waals surface area contributed by atoms with Crippen LogP contribution in [-0.4, -0.2) is 49.5 Å². The largest absolute Gasteiger partial charge is 0.497 e. The molecule has 0 radical (unpaired) electrons. The monoisotopic (exact) mass is 371 g/mol. The Morgan fingerprint density at radius 2 is 2.15 bits per heavy atom. The molecule has 1 aromatic carbocycles. The molecular weight excluding hydrogens is 358 g/mol. The molecule has 0 bridgehead atoms. The smallest absolute Gasteiger partial charge is 0.328 e. The Balaban J connectivity index is 1.74. The summed E-state index contributed by atoms with van der Waals surface area (Å²) in [5, 5.41) is 19.1. The molecule has 26 heavy (non-hydrogen) atoms. The van der Waals surface area contributed by atoms with Gasteiger partial charge < -0.3 is 9.84 Å². The van der Waals surface area contributed by atoms with Crippen LogP contribution in [0.25, 0.3) is 11.2 Å². The molecule has 0 unspecified atom stereocenters. The van der Waals surface area contributed by atoms with Gasteiger partial charge in [-0.05, 0) is 29.8 Å². The molecule has 0 saturated carbocycles. The number of aromatic nitrogens is 3. The highest BCUT2D eigenvalue weighted by molar-refractivity contribution is 7.14. The van der Waals surface area contributed by atoms with Crippen LogP contribution in [0, 0.1) is 0 Å². The fourth-order valence-electron chi connectivity index (χ4n) is 2.69. The summed E-state index contributed by atoms with van der Waals surface area (Å²) >= 11 is 1.13. The summed E-state index contributed by atoms with van der Waals surface area (Å²) in [6, 6.07) is 6.34. The van der Waals surface area contributed by atoms with E-state index in [1.807, 2.05) is 12.1 Å². The number of ether oxygens (including phenoxy) is 1. The first-order chi connectivity index (χ1) is 12.6. The van der Waals surface area contributed by atoms with Gasteiger partial charge in [0.2, 0.25) is 4.96 Å². The number of carboxylic acid groups (broad SMARTS) is 1. The van der Waals surface area contributed by atoms with Gasteiger partial charge in [0.05, 0.1) is 12.8 Å². The lowest BCUT2D eigenvalue weighted by Gasteiger charge is -2.14. The first kappa shape index (κ1) is 16.2. The highest BCUT2D eigenvalue weighted by Gasteiger charge is 2.32. The number of hydrogen-bond donors (Lipinski definition) is 1. The van der Waals surface area contributed by atoms with Gasteiger partial charge >= 0.3 is 5.97 Å². The van der Waals surface area contributed by atoms with Crippen molar-refractivity contribution in [1.82, 2.24) is 19.6 Å². The molecule has 1 aliphatic heterocycles. The number of hydrazone groups is 1. The van der Waals surface area contributed by atoms with Crippen molar-refractivity contribution in [2.75, 3.05) is 7.11 Å². The summed E-state index contributed by atoms with van der Waals surface area (Å²) in [6.45, 7) is 0. The van der Waals surface area contributed by atoms with E-state index in [4.69, 9.17) is 4.74 Å². The molecule has 4 rings (SSSR count). The molecule has 3 aromatic rings. The summed E-state index contributed by atoms with van der Waals surface area (Å²) < 4.78 is 6.63. The van der Waals surface area contributed by atoms with Gasteiger partial charge in [0, 0.05) is 12.6 Å². The molecule has 2 aromatic heterocycles. The van der Waals surface area contributed by atoms with Gasteiger partial charge in [0.25, 0.3) is 5.56 Å². The number of thiazole rings is 1. The molecule has 0 amide bonds. The van der Waals surface area contributed by atoms with Crippen molar-refractivity contribution in [2.45, 2.75) is 12.5 Å². The summed E-state index contributed by atoms with van der Waals surface area (Å²) in [5.74, 6) is -0.309. The van der Waals surface area contributed by atoms with Crippen LogP contribution in [0.3, 0.4) is 0 Å². The number of carboxylic acids is 1. The van der Waals surface area contributed by atoms with E-state index in [0.29, 0.717) is 21.0 Å². The summed E-state index contributed by atoms with van der Waals surface area (Å²) in [6.07, 6.45) is 2.97. The van der Waals surface area contributed by atoms with Gasteiger partial charge in [-0.1, -0.05) is 11.3 Å². The number of fused-ring (bicyclic) bond motifs is 1. The first-order valence-corrected chi connectivity index (χ1v) is 8.46. The number of hydrogen-bond acceptors (Lipinski definition) is 8. The van der Waals surface area contributed by atoms with E-state index >= 15 is 0 Å². The Hall–Kier alpha value is -3.27. The fourth-order valence-corrected chi connectivity index (χ4v) is 3.54. The molecule has 1 atom stereocenters. The molecular formula is C16H13N5O4S. The second-order valence-corrected chi connectivity index (χ2v) is 6.58. The minimum absolute atomic E-state index is 0.229.